The Hall–Kier alpha value is -1.82. The third kappa shape index (κ3) is 4.63. The van der Waals surface area contributed by atoms with E-state index in [1.165, 1.54) is 10.4 Å². The van der Waals surface area contributed by atoms with Gasteiger partial charge in [0.15, 0.2) is 0 Å². The molecule has 2 aromatic carbocycles. The lowest BCUT2D eigenvalue weighted by Gasteiger charge is -2.39. The number of benzene rings is 2. The molecule has 0 amide bonds. The molecule has 2 aromatic rings. The predicted octanol–water partition coefficient (Wildman–Crippen LogP) is 3.98. The van der Waals surface area contributed by atoms with Crippen LogP contribution in [0.1, 0.15) is 41.5 Å². The van der Waals surface area contributed by atoms with Crippen molar-refractivity contribution in [2.75, 3.05) is 6.54 Å². The molecule has 25 heavy (non-hydrogen) atoms. The Bertz CT molecular complexity index is 685. The summed E-state index contributed by atoms with van der Waals surface area (Å²) in [5.74, 6) is 3.49. The van der Waals surface area contributed by atoms with E-state index in [0.717, 1.165) is 0 Å². The molecule has 0 radical (unpaired) electrons. The molecule has 0 saturated heterocycles. The summed E-state index contributed by atoms with van der Waals surface area (Å²) in [6.45, 7) is 14.3. The average Bonchev–Trinajstić information content (AvgIpc) is 2.54. The smallest absolute Gasteiger partial charge is 0.204 e. The van der Waals surface area contributed by atoms with E-state index >= 15 is 0 Å². The maximum absolute atomic E-state index is 3.80. The second-order valence-electron chi connectivity index (χ2n) is 8.64. The third-order valence-corrected chi connectivity index (χ3v) is 9.72. The first-order valence-corrected chi connectivity index (χ1v) is 11.0. The minimum Gasteiger partial charge on any atom is -0.301 e. The summed E-state index contributed by atoms with van der Waals surface area (Å²) < 4.78 is 0. The second kappa shape index (κ2) is 7.60. The van der Waals surface area contributed by atoms with Crippen LogP contribution in [0.25, 0.3) is 0 Å². The lowest BCUT2D eigenvalue weighted by atomic mass is 10.1. The zero-order chi connectivity index (χ0) is 18.6. The van der Waals surface area contributed by atoms with Gasteiger partial charge in [0.25, 0.3) is 0 Å². The van der Waals surface area contributed by atoms with Crippen molar-refractivity contribution in [2.45, 2.75) is 52.1 Å². The second-order valence-corrected chi connectivity index (χ2v) is 13.0. The molecule has 132 valence electrons. The number of rotatable bonds is 3. The first-order chi connectivity index (χ1) is 11.7. The first-order valence-electron chi connectivity index (χ1n) is 9.03. The fraction of sp³-hybridized carbons (Fsp3) is 0.391. The van der Waals surface area contributed by atoms with Crippen LogP contribution in [0.15, 0.2) is 60.7 Å². The average molecular weight is 350 g/mol. The van der Waals surface area contributed by atoms with Gasteiger partial charge in [-0.3, -0.25) is 0 Å². The van der Waals surface area contributed by atoms with Crippen molar-refractivity contribution in [3.05, 3.63) is 60.7 Å². The fourth-order valence-electron chi connectivity index (χ4n) is 3.23. The van der Waals surface area contributed by atoms with Gasteiger partial charge < -0.3 is 5.32 Å². The van der Waals surface area contributed by atoms with E-state index in [1.54, 1.807) is 0 Å². The van der Waals surface area contributed by atoms with Crippen molar-refractivity contribution in [1.29, 1.82) is 0 Å². The van der Waals surface area contributed by atoms with E-state index < -0.39 is 8.07 Å². The fourth-order valence-corrected chi connectivity index (χ4v) is 7.69. The van der Waals surface area contributed by atoms with Gasteiger partial charge >= 0.3 is 0 Å². The van der Waals surface area contributed by atoms with Crippen LogP contribution in [0, 0.1) is 11.5 Å². The highest BCUT2D eigenvalue weighted by molar-refractivity contribution is 7.10. The van der Waals surface area contributed by atoms with E-state index in [2.05, 4.69) is 119 Å². The summed E-state index contributed by atoms with van der Waals surface area (Å²) in [6, 6.07) is 21.8. The largest absolute Gasteiger partial charge is 0.301 e. The summed E-state index contributed by atoms with van der Waals surface area (Å²) >= 11 is 0. The van der Waals surface area contributed by atoms with Gasteiger partial charge in [0.1, 0.15) is 0 Å². The number of hydrogen-bond donors (Lipinski definition) is 1. The normalized spacial score (nSPS) is 12.4. The van der Waals surface area contributed by atoms with Crippen LogP contribution in [0.2, 0.25) is 5.04 Å². The lowest BCUT2D eigenvalue weighted by Crippen LogP contribution is -2.63. The minimum absolute atomic E-state index is 0.0835. The molecule has 0 heterocycles. The maximum Gasteiger partial charge on any atom is 0.204 e. The topological polar surface area (TPSA) is 12.0 Å². The zero-order valence-corrected chi connectivity index (χ0v) is 17.5. The molecule has 1 N–H and O–H groups in total. The third-order valence-electron chi connectivity index (χ3n) is 4.52. The van der Waals surface area contributed by atoms with Crippen molar-refractivity contribution < 1.29 is 0 Å². The SMILES string of the molecule is CC(C)(C)NCC#C[Si](c1ccccc1)(c1ccccc1)C(C)(C)C. The van der Waals surface area contributed by atoms with E-state index in [1.807, 2.05) is 0 Å². The Morgan fingerprint density at radius 3 is 1.56 bits per heavy atom. The highest BCUT2D eigenvalue weighted by Crippen LogP contribution is 2.35. The van der Waals surface area contributed by atoms with E-state index in [4.69, 9.17) is 0 Å². The summed E-state index contributed by atoms with van der Waals surface area (Å²) in [5.41, 5.74) is 3.89. The molecule has 0 spiro atoms. The van der Waals surface area contributed by atoms with Crippen LogP contribution in [0.3, 0.4) is 0 Å². The van der Waals surface area contributed by atoms with Crippen molar-refractivity contribution >= 4 is 18.4 Å². The summed E-state index contributed by atoms with van der Waals surface area (Å²) in [4.78, 5) is 0. The van der Waals surface area contributed by atoms with Crippen molar-refractivity contribution in [1.82, 2.24) is 5.32 Å². The molecule has 2 rings (SSSR count). The van der Waals surface area contributed by atoms with Gasteiger partial charge in [-0.25, -0.2) is 0 Å². The summed E-state index contributed by atoms with van der Waals surface area (Å²) in [5, 5.41) is 6.36. The molecule has 2 heteroatoms. The highest BCUT2D eigenvalue weighted by atomic mass is 28.3. The Balaban J connectivity index is 2.60. The van der Waals surface area contributed by atoms with Crippen molar-refractivity contribution in [2.24, 2.45) is 0 Å². The molecule has 0 aliphatic heterocycles. The first kappa shape index (κ1) is 19.5. The lowest BCUT2D eigenvalue weighted by molar-refractivity contribution is 0.452. The van der Waals surface area contributed by atoms with Gasteiger partial charge in [-0.2, -0.15) is 0 Å². The van der Waals surface area contributed by atoms with Gasteiger partial charge in [0, 0.05) is 5.54 Å². The number of nitrogens with one attached hydrogen (secondary N) is 1. The van der Waals surface area contributed by atoms with Gasteiger partial charge in [-0.15, -0.1) is 5.54 Å². The highest BCUT2D eigenvalue weighted by Gasteiger charge is 2.46. The molecule has 0 atom stereocenters. The summed E-state index contributed by atoms with van der Waals surface area (Å²) in [6.07, 6.45) is 0. The maximum atomic E-state index is 3.80. The van der Waals surface area contributed by atoms with Crippen LogP contribution >= 0.6 is 0 Å². The summed E-state index contributed by atoms with van der Waals surface area (Å²) in [7, 11) is -2.25. The quantitative estimate of drug-likeness (QED) is 0.653. The van der Waals surface area contributed by atoms with E-state index in [0.29, 0.717) is 6.54 Å². The molecule has 0 unspecified atom stereocenters. The van der Waals surface area contributed by atoms with Crippen LogP contribution in [-0.4, -0.2) is 20.2 Å². The van der Waals surface area contributed by atoms with Crippen LogP contribution in [0.5, 0.6) is 0 Å². The Kier molecular flexibility index (Phi) is 5.93. The Morgan fingerprint density at radius 2 is 1.20 bits per heavy atom. The predicted molar refractivity (Wildman–Crippen MR) is 113 cm³/mol. The minimum atomic E-state index is -2.25. The van der Waals surface area contributed by atoms with E-state index in [9.17, 15) is 0 Å². The zero-order valence-electron chi connectivity index (χ0n) is 16.5. The molecule has 0 aliphatic rings. The molecule has 0 saturated carbocycles. The van der Waals surface area contributed by atoms with Gasteiger partial charge in [-0.1, -0.05) is 87.4 Å². The van der Waals surface area contributed by atoms with Gasteiger partial charge in [-0.05, 0) is 36.2 Å². The molecular weight excluding hydrogens is 318 g/mol. The molecule has 0 bridgehead atoms. The molecular formula is C23H31NSi. The van der Waals surface area contributed by atoms with Crippen LogP contribution in [-0.2, 0) is 0 Å². The van der Waals surface area contributed by atoms with E-state index in [-0.39, 0.29) is 10.6 Å². The number of hydrogen-bond acceptors (Lipinski definition) is 1. The van der Waals surface area contributed by atoms with Gasteiger partial charge in [0.2, 0.25) is 8.07 Å². The molecule has 0 aromatic heterocycles. The van der Waals surface area contributed by atoms with Crippen molar-refractivity contribution in [3.63, 3.8) is 0 Å². The van der Waals surface area contributed by atoms with Crippen LogP contribution < -0.4 is 15.7 Å². The Morgan fingerprint density at radius 1 is 0.760 bits per heavy atom. The van der Waals surface area contributed by atoms with Crippen LogP contribution in [0.4, 0.5) is 0 Å². The standard InChI is InChI=1S/C23H31NSi/c1-22(2,3)24-18-13-19-25(23(4,5)6,20-14-9-7-10-15-20)21-16-11-8-12-17-21/h7-12,14-17,24H,18H2,1-6H3. The molecule has 0 fully saturated rings. The van der Waals surface area contributed by atoms with Crippen molar-refractivity contribution in [3.8, 4) is 11.5 Å². The van der Waals surface area contributed by atoms with Gasteiger partial charge in [0.05, 0.1) is 6.54 Å². The molecule has 0 aliphatic carbocycles. The molecule has 1 nitrogen and oxygen atoms in total. The monoisotopic (exact) mass is 349 g/mol. The Labute approximate surface area is 154 Å².